The predicted octanol–water partition coefficient (Wildman–Crippen LogP) is 11.2. The Bertz CT molecular complexity index is 2590. The van der Waals surface area contributed by atoms with Crippen LogP contribution in [0.2, 0.25) is 0 Å². The van der Waals surface area contributed by atoms with Crippen LogP contribution in [0.4, 0.5) is 0 Å². The molecule has 0 unspecified atom stereocenters. The van der Waals surface area contributed by atoms with Gasteiger partial charge in [0.15, 0.2) is 5.82 Å². The van der Waals surface area contributed by atoms with Crippen LogP contribution in [0.3, 0.4) is 0 Å². The van der Waals surface area contributed by atoms with Crippen molar-refractivity contribution in [3.63, 3.8) is 0 Å². The van der Waals surface area contributed by atoms with Crippen molar-refractivity contribution in [1.29, 1.82) is 0 Å². The van der Waals surface area contributed by atoms with Crippen LogP contribution in [-0.2, 0) is 0 Å². The summed E-state index contributed by atoms with van der Waals surface area (Å²) in [6, 6.07) is 55.4. The highest BCUT2D eigenvalue weighted by molar-refractivity contribution is 6.07. The van der Waals surface area contributed by atoms with Crippen LogP contribution in [0.5, 0.6) is 0 Å². The number of hydrogen-bond donors (Lipinski definition) is 0. The van der Waals surface area contributed by atoms with E-state index in [1.54, 1.807) is 0 Å². The van der Waals surface area contributed by atoms with E-state index in [-0.39, 0.29) is 0 Å². The van der Waals surface area contributed by atoms with Crippen LogP contribution >= 0.6 is 0 Å². The lowest BCUT2D eigenvalue weighted by Gasteiger charge is -2.14. The molecule has 2 heterocycles. The highest BCUT2D eigenvalue weighted by Gasteiger charge is 2.15. The monoisotopic (exact) mass is 585 g/mol. The third-order valence-electron chi connectivity index (χ3n) is 8.91. The first-order chi connectivity index (χ1) is 22.8. The number of hydrogen-bond acceptors (Lipinski definition) is 3. The first-order valence-electron chi connectivity index (χ1n) is 15.5. The highest BCUT2D eigenvalue weighted by Crippen LogP contribution is 2.38. The second-order valence-corrected chi connectivity index (χ2v) is 11.6. The van der Waals surface area contributed by atoms with Gasteiger partial charge in [0, 0.05) is 33.5 Å². The second kappa shape index (κ2) is 10.8. The van der Waals surface area contributed by atoms with Gasteiger partial charge in [0.1, 0.15) is 0 Å². The van der Waals surface area contributed by atoms with Crippen molar-refractivity contribution in [2.45, 2.75) is 0 Å². The summed E-state index contributed by atoms with van der Waals surface area (Å²) in [7, 11) is 0. The van der Waals surface area contributed by atoms with Crippen molar-refractivity contribution >= 4 is 43.4 Å². The van der Waals surface area contributed by atoms with Crippen LogP contribution in [-0.4, -0.2) is 15.0 Å². The van der Waals surface area contributed by atoms with Gasteiger partial charge < -0.3 is 0 Å². The summed E-state index contributed by atoms with van der Waals surface area (Å²) < 4.78 is 0. The molecule has 0 aliphatic carbocycles. The van der Waals surface area contributed by atoms with E-state index in [1.807, 2.05) is 24.4 Å². The van der Waals surface area contributed by atoms with Gasteiger partial charge in [-0.3, -0.25) is 4.98 Å². The lowest BCUT2D eigenvalue weighted by atomic mass is 9.92. The normalized spacial score (nSPS) is 11.5. The minimum atomic E-state index is 0.727. The second-order valence-electron chi connectivity index (χ2n) is 11.6. The molecule has 0 saturated heterocycles. The summed E-state index contributed by atoms with van der Waals surface area (Å²) in [6.07, 6.45) is 1.97. The Balaban J connectivity index is 1.17. The first kappa shape index (κ1) is 26.2. The molecule has 3 heteroatoms. The zero-order valence-electron chi connectivity index (χ0n) is 24.9. The van der Waals surface area contributed by atoms with Gasteiger partial charge in [0.2, 0.25) is 0 Å². The zero-order valence-corrected chi connectivity index (χ0v) is 24.9. The van der Waals surface area contributed by atoms with Crippen LogP contribution < -0.4 is 0 Å². The summed E-state index contributed by atoms with van der Waals surface area (Å²) in [4.78, 5) is 15.0. The molecule has 0 amide bonds. The SMILES string of the molecule is c1ccc(-c2nc(-c3ccc(-c4cccc(-c5ccc6c(c5)ncc5ccccc56)c4)c4ccccc34)nc3ccccc23)cc1. The van der Waals surface area contributed by atoms with Gasteiger partial charge >= 0.3 is 0 Å². The molecule has 7 aromatic carbocycles. The van der Waals surface area contributed by atoms with E-state index in [0.717, 1.165) is 66.5 Å². The topological polar surface area (TPSA) is 38.7 Å². The summed E-state index contributed by atoms with van der Waals surface area (Å²) in [6.45, 7) is 0. The molecule has 0 spiro atoms. The van der Waals surface area contributed by atoms with Crippen molar-refractivity contribution in [2.24, 2.45) is 0 Å². The van der Waals surface area contributed by atoms with Gasteiger partial charge in [-0.25, -0.2) is 9.97 Å². The predicted molar refractivity (Wildman–Crippen MR) is 192 cm³/mol. The first-order valence-corrected chi connectivity index (χ1v) is 15.5. The molecular weight excluding hydrogens is 558 g/mol. The lowest BCUT2D eigenvalue weighted by molar-refractivity contribution is 1.23. The van der Waals surface area contributed by atoms with Crippen molar-refractivity contribution in [1.82, 2.24) is 15.0 Å². The standard InChI is InChI=1S/C43H27N3/c1-2-11-28(12-3-1)42-39-19-8-9-20-40(39)45-43(46-42)38-24-23-34(35-17-6-7-18-36(35)38)31-15-10-14-29(25-31)30-21-22-37-33-16-5-4-13-32(33)27-44-41(37)26-30/h1-27H. The molecule has 214 valence electrons. The molecule has 9 aromatic rings. The molecule has 0 bridgehead atoms. The van der Waals surface area contributed by atoms with E-state index in [9.17, 15) is 0 Å². The Labute approximate surface area is 266 Å². The molecule has 3 nitrogen and oxygen atoms in total. The van der Waals surface area contributed by atoms with E-state index in [0.29, 0.717) is 0 Å². The maximum atomic E-state index is 5.17. The molecular formula is C43H27N3. The Morgan fingerprint density at radius 2 is 1.00 bits per heavy atom. The summed E-state index contributed by atoms with van der Waals surface area (Å²) in [5.41, 5.74) is 9.63. The highest BCUT2D eigenvalue weighted by atomic mass is 14.9. The molecule has 0 atom stereocenters. The minimum Gasteiger partial charge on any atom is -0.256 e. The van der Waals surface area contributed by atoms with Gasteiger partial charge in [-0.1, -0.05) is 133 Å². The number of fused-ring (bicyclic) bond motifs is 5. The molecule has 0 saturated carbocycles. The molecule has 0 radical (unpaired) electrons. The minimum absolute atomic E-state index is 0.727. The maximum absolute atomic E-state index is 5.17. The van der Waals surface area contributed by atoms with Gasteiger partial charge in [-0.05, 0) is 62.7 Å². The van der Waals surface area contributed by atoms with Crippen molar-refractivity contribution in [3.8, 4) is 44.9 Å². The van der Waals surface area contributed by atoms with E-state index in [1.165, 1.54) is 21.7 Å². The maximum Gasteiger partial charge on any atom is 0.161 e. The number of nitrogens with zero attached hydrogens (tertiary/aromatic N) is 3. The Morgan fingerprint density at radius 3 is 1.87 bits per heavy atom. The molecule has 9 rings (SSSR count). The summed E-state index contributed by atoms with van der Waals surface area (Å²) in [5, 5.41) is 6.90. The van der Waals surface area contributed by atoms with Gasteiger partial charge in [0.25, 0.3) is 0 Å². The number of pyridine rings is 1. The largest absolute Gasteiger partial charge is 0.256 e. The smallest absolute Gasteiger partial charge is 0.161 e. The van der Waals surface area contributed by atoms with Gasteiger partial charge in [-0.2, -0.15) is 0 Å². The number of para-hydroxylation sites is 1. The summed E-state index contributed by atoms with van der Waals surface area (Å²) >= 11 is 0. The molecule has 0 N–H and O–H groups in total. The Kier molecular flexibility index (Phi) is 6.14. The molecule has 46 heavy (non-hydrogen) atoms. The number of benzene rings is 7. The molecule has 0 aliphatic rings. The van der Waals surface area contributed by atoms with E-state index < -0.39 is 0 Å². The van der Waals surface area contributed by atoms with Gasteiger partial charge in [0.05, 0.1) is 16.7 Å². The zero-order chi connectivity index (χ0) is 30.5. The molecule has 0 aliphatic heterocycles. The third kappa shape index (κ3) is 4.41. The Hall–Kier alpha value is -6.19. The lowest BCUT2D eigenvalue weighted by Crippen LogP contribution is -1.96. The van der Waals surface area contributed by atoms with Crippen LogP contribution in [0.1, 0.15) is 0 Å². The Morgan fingerprint density at radius 1 is 0.348 bits per heavy atom. The van der Waals surface area contributed by atoms with Crippen molar-refractivity contribution in [2.75, 3.05) is 0 Å². The third-order valence-corrected chi connectivity index (χ3v) is 8.91. The van der Waals surface area contributed by atoms with Crippen molar-refractivity contribution < 1.29 is 0 Å². The molecule has 0 fully saturated rings. The van der Waals surface area contributed by atoms with Crippen molar-refractivity contribution in [3.05, 3.63) is 164 Å². The van der Waals surface area contributed by atoms with E-state index in [4.69, 9.17) is 15.0 Å². The number of aromatic nitrogens is 3. The number of rotatable bonds is 4. The fourth-order valence-corrected chi connectivity index (χ4v) is 6.66. The molecule has 2 aromatic heterocycles. The van der Waals surface area contributed by atoms with Crippen LogP contribution in [0.15, 0.2) is 164 Å². The quantitative estimate of drug-likeness (QED) is 0.193. The van der Waals surface area contributed by atoms with Crippen LogP contribution in [0, 0.1) is 0 Å². The van der Waals surface area contributed by atoms with E-state index >= 15 is 0 Å². The van der Waals surface area contributed by atoms with Gasteiger partial charge in [-0.15, -0.1) is 0 Å². The van der Waals surface area contributed by atoms with Crippen LogP contribution in [0.25, 0.3) is 88.2 Å². The summed E-state index contributed by atoms with van der Waals surface area (Å²) in [5.74, 6) is 0.727. The average molecular weight is 586 g/mol. The average Bonchev–Trinajstić information content (AvgIpc) is 3.14. The van der Waals surface area contributed by atoms with E-state index in [2.05, 4.69) is 140 Å². The fourth-order valence-electron chi connectivity index (χ4n) is 6.66. The fraction of sp³-hybridized carbons (Fsp3) is 0.